The summed E-state index contributed by atoms with van der Waals surface area (Å²) >= 11 is 1.43. The van der Waals surface area contributed by atoms with E-state index in [9.17, 15) is 14.4 Å². The van der Waals surface area contributed by atoms with Crippen molar-refractivity contribution in [1.82, 2.24) is 15.8 Å². The van der Waals surface area contributed by atoms with Crippen LogP contribution in [0.3, 0.4) is 0 Å². The number of hydrazine groups is 1. The van der Waals surface area contributed by atoms with Crippen LogP contribution >= 0.6 is 11.8 Å². The van der Waals surface area contributed by atoms with Gasteiger partial charge in [0.1, 0.15) is 5.54 Å². The summed E-state index contributed by atoms with van der Waals surface area (Å²) in [5.41, 5.74) is 4.44. The number of urea groups is 1. The number of thioether (sulfide) groups is 1. The van der Waals surface area contributed by atoms with Crippen molar-refractivity contribution < 1.29 is 14.4 Å². The average molecular weight is 373 g/mol. The zero-order valence-electron chi connectivity index (χ0n) is 14.7. The molecular formula is C19H23N3O3S. The quantitative estimate of drug-likeness (QED) is 0.628. The Morgan fingerprint density at radius 1 is 1.12 bits per heavy atom. The maximum absolute atomic E-state index is 12.7. The largest absolute Gasteiger partial charge is 0.344 e. The van der Waals surface area contributed by atoms with Gasteiger partial charge < -0.3 is 5.32 Å². The molecule has 0 bridgehead atoms. The Hall–Kier alpha value is -2.02. The summed E-state index contributed by atoms with van der Waals surface area (Å²) in [4.78, 5) is 38.1. The van der Waals surface area contributed by atoms with Crippen molar-refractivity contribution >= 4 is 29.6 Å². The smallest absolute Gasteiger partial charge is 0.322 e. The second kappa shape index (κ2) is 6.95. The van der Waals surface area contributed by atoms with E-state index in [0.717, 1.165) is 42.0 Å². The molecule has 138 valence electrons. The first-order valence-corrected chi connectivity index (χ1v) is 10.3. The molecule has 1 spiro atoms. The Morgan fingerprint density at radius 3 is 2.69 bits per heavy atom. The van der Waals surface area contributed by atoms with E-state index in [4.69, 9.17) is 0 Å². The minimum atomic E-state index is -0.810. The van der Waals surface area contributed by atoms with E-state index in [1.165, 1.54) is 29.3 Å². The standard InChI is InChI=1S/C19H23N3O3S/c23-16(12-26-15-8-7-13-5-4-6-14(13)11-15)21-22-17(24)19(20-18(22)25)9-2-1-3-10-19/h7-8,11H,1-6,9-10,12H2,(H,20,25)(H,21,23). The molecule has 1 saturated carbocycles. The van der Waals surface area contributed by atoms with Crippen LogP contribution in [-0.2, 0) is 22.4 Å². The molecule has 2 N–H and O–H groups in total. The third-order valence-corrected chi connectivity index (χ3v) is 6.54. The summed E-state index contributed by atoms with van der Waals surface area (Å²) < 4.78 is 0. The van der Waals surface area contributed by atoms with Crippen molar-refractivity contribution in [2.24, 2.45) is 0 Å². The van der Waals surface area contributed by atoms with Gasteiger partial charge in [-0.25, -0.2) is 4.79 Å². The van der Waals surface area contributed by atoms with Gasteiger partial charge in [-0.15, -0.1) is 11.8 Å². The molecule has 4 amide bonds. The maximum Gasteiger partial charge on any atom is 0.344 e. The molecule has 1 aromatic carbocycles. The molecule has 1 aliphatic heterocycles. The van der Waals surface area contributed by atoms with E-state index < -0.39 is 11.6 Å². The van der Waals surface area contributed by atoms with Gasteiger partial charge in [0.15, 0.2) is 0 Å². The Balaban J connectivity index is 1.34. The number of imide groups is 1. The predicted octanol–water partition coefficient (Wildman–Crippen LogP) is 2.55. The lowest BCUT2D eigenvalue weighted by atomic mass is 9.82. The van der Waals surface area contributed by atoms with E-state index in [1.807, 2.05) is 6.07 Å². The molecule has 3 aliphatic rings. The van der Waals surface area contributed by atoms with Crippen LogP contribution in [0, 0.1) is 0 Å². The van der Waals surface area contributed by atoms with E-state index in [1.54, 1.807) is 0 Å². The molecule has 1 heterocycles. The highest BCUT2D eigenvalue weighted by Crippen LogP contribution is 2.33. The van der Waals surface area contributed by atoms with Crippen LogP contribution < -0.4 is 10.7 Å². The monoisotopic (exact) mass is 373 g/mol. The molecule has 4 rings (SSSR count). The van der Waals surface area contributed by atoms with Gasteiger partial charge in [0.25, 0.3) is 5.91 Å². The number of nitrogens with zero attached hydrogens (tertiary/aromatic N) is 1. The van der Waals surface area contributed by atoms with Crippen LogP contribution in [0.25, 0.3) is 0 Å². The number of rotatable bonds is 4. The number of hydrogen-bond donors (Lipinski definition) is 2. The summed E-state index contributed by atoms with van der Waals surface area (Å²) in [5, 5.41) is 3.66. The lowest BCUT2D eigenvalue weighted by Gasteiger charge is -2.30. The van der Waals surface area contributed by atoms with Gasteiger partial charge in [0, 0.05) is 4.90 Å². The van der Waals surface area contributed by atoms with Gasteiger partial charge in [-0.2, -0.15) is 5.01 Å². The number of hydrogen-bond acceptors (Lipinski definition) is 4. The van der Waals surface area contributed by atoms with E-state index in [0.29, 0.717) is 12.8 Å². The Kier molecular flexibility index (Phi) is 4.65. The molecule has 7 heteroatoms. The first kappa shape index (κ1) is 17.4. The lowest BCUT2D eigenvalue weighted by Crippen LogP contribution is -2.51. The lowest BCUT2D eigenvalue weighted by molar-refractivity contribution is -0.139. The van der Waals surface area contributed by atoms with Gasteiger partial charge in [0.2, 0.25) is 5.91 Å². The molecular weight excluding hydrogens is 350 g/mol. The SMILES string of the molecule is O=C(CSc1ccc2c(c1)CCC2)NN1C(=O)NC2(CCCCC2)C1=O. The summed E-state index contributed by atoms with van der Waals surface area (Å²) in [6.07, 6.45) is 7.63. The minimum Gasteiger partial charge on any atom is -0.322 e. The highest BCUT2D eigenvalue weighted by molar-refractivity contribution is 8.00. The first-order chi connectivity index (χ1) is 12.6. The van der Waals surface area contributed by atoms with Gasteiger partial charge in [-0.3, -0.25) is 15.0 Å². The van der Waals surface area contributed by atoms with Crippen LogP contribution in [0.5, 0.6) is 0 Å². The maximum atomic E-state index is 12.7. The summed E-state index contributed by atoms with van der Waals surface area (Å²) in [6.45, 7) is 0. The number of benzene rings is 1. The molecule has 2 fully saturated rings. The van der Waals surface area contributed by atoms with Gasteiger partial charge in [-0.1, -0.05) is 25.3 Å². The Morgan fingerprint density at radius 2 is 1.88 bits per heavy atom. The van der Waals surface area contributed by atoms with E-state index >= 15 is 0 Å². The second-order valence-corrected chi connectivity index (χ2v) is 8.37. The van der Waals surface area contributed by atoms with Crippen molar-refractivity contribution in [3.8, 4) is 0 Å². The van der Waals surface area contributed by atoms with Crippen molar-refractivity contribution in [3.05, 3.63) is 29.3 Å². The fraction of sp³-hybridized carbons (Fsp3) is 0.526. The number of carbonyl (C=O) groups is 3. The summed E-state index contributed by atoms with van der Waals surface area (Å²) in [6, 6.07) is 5.79. The molecule has 26 heavy (non-hydrogen) atoms. The molecule has 6 nitrogen and oxygen atoms in total. The van der Waals surface area contributed by atoms with Crippen molar-refractivity contribution in [2.75, 3.05) is 5.75 Å². The molecule has 0 radical (unpaired) electrons. The molecule has 0 atom stereocenters. The van der Waals surface area contributed by atoms with Crippen LogP contribution in [0.1, 0.15) is 49.7 Å². The fourth-order valence-corrected chi connectivity index (χ4v) is 4.91. The Labute approximate surface area is 157 Å². The fourth-order valence-electron chi connectivity index (χ4n) is 4.16. The molecule has 1 saturated heterocycles. The van der Waals surface area contributed by atoms with Crippen LogP contribution in [0.2, 0.25) is 0 Å². The number of carbonyl (C=O) groups excluding carboxylic acids is 3. The van der Waals surface area contributed by atoms with E-state index in [-0.39, 0.29) is 17.6 Å². The van der Waals surface area contributed by atoms with Crippen LogP contribution in [-0.4, -0.2) is 34.1 Å². The van der Waals surface area contributed by atoms with E-state index in [2.05, 4.69) is 22.9 Å². The molecule has 0 unspecified atom stereocenters. The summed E-state index contributed by atoms with van der Waals surface area (Å²) in [5.74, 6) is -0.493. The zero-order valence-corrected chi connectivity index (χ0v) is 15.5. The predicted molar refractivity (Wildman–Crippen MR) is 98.5 cm³/mol. The van der Waals surface area contributed by atoms with Gasteiger partial charge in [-0.05, 0) is 55.4 Å². The third kappa shape index (κ3) is 3.20. The first-order valence-electron chi connectivity index (χ1n) is 9.28. The van der Waals surface area contributed by atoms with Gasteiger partial charge >= 0.3 is 6.03 Å². The highest BCUT2D eigenvalue weighted by atomic mass is 32.2. The summed E-state index contributed by atoms with van der Waals surface area (Å²) in [7, 11) is 0. The Bertz CT molecular complexity index is 758. The topological polar surface area (TPSA) is 78.5 Å². The normalized spacial score (nSPS) is 21.0. The van der Waals surface area contributed by atoms with Crippen molar-refractivity contribution in [3.63, 3.8) is 0 Å². The number of fused-ring (bicyclic) bond motifs is 1. The van der Waals surface area contributed by atoms with Crippen LogP contribution in [0.4, 0.5) is 4.79 Å². The second-order valence-electron chi connectivity index (χ2n) is 7.32. The number of amides is 4. The average Bonchev–Trinajstić information content (AvgIpc) is 3.19. The van der Waals surface area contributed by atoms with Gasteiger partial charge in [0.05, 0.1) is 5.75 Å². The third-order valence-electron chi connectivity index (χ3n) is 5.55. The minimum absolute atomic E-state index is 0.169. The van der Waals surface area contributed by atoms with Crippen molar-refractivity contribution in [1.29, 1.82) is 0 Å². The number of aryl methyl sites for hydroxylation is 2. The van der Waals surface area contributed by atoms with Crippen molar-refractivity contribution in [2.45, 2.75) is 61.8 Å². The number of nitrogens with one attached hydrogen (secondary N) is 2. The molecule has 0 aromatic heterocycles. The highest BCUT2D eigenvalue weighted by Gasteiger charge is 2.52. The molecule has 1 aromatic rings. The molecule has 2 aliphatic carbocycles. The zero-order chi connectivity index (χ0) is 18.1. The van der Waals surface area contributed by atoms with Crippen LogP contribution in [0.15, 0.2) is 23.1 Å².